The lowest BCUT2D eigenvalue weighted by atomic mass is 9.92. The first-order chi connectivity index (χ1) is 9.46. The van der Waals surface area contributed by atoms with Gasteiger partial charge in [0.2, 0.25) is 5.91 Å². The van der Waals surface area contributed by atoms with Gasteiger partial charge < -0.3 is 10.6 Å². The molecule has 1 aromatic rings. The molecule has 0 saturated heterocycles. The Hall–Kier alpha value is -1.84. The Labute approximate surface area is 127 Å². The van der Waals surface area contributed by atoms with Gasteiger partial charge in [0.15, 0.2) is 0 Å². The van der Waals surface area contributed by atoms with E-state index in [1.54, 1.807) is 24.3 Å². The fourth-order valence-corrected chi connectivity index (χ4v) is 1.84. The maximum Gasteiger partial charge on any atom is 0.251 e. The molecular formula is C17H26N2O2. The van der Waals surface area contributed by atoms with Crippen molar-refractivity contribution in [2.75, 3.05) is 5.32 Å². The largest absolute Gasteiger partial charge is 0.347 e. The highest BCUT2D eigenvalue weighted by Gasteiger charge is 2.17. The molecular weight excluding hydrogens is 264 g/mol. The maximum absolute atomic E-state index is 12.1. The first-order valence-electron chi connectivity index (χ1n) is 7.19. The number of rotatable bonds is 3. The van der Waals surface area contributed by atoms with Crippen LogP contribution in [0, 0.1) is 5.41 Å². The Morgan fingerprint density at radius 2 is 1.67 bits per heavy atom. The fourth-order valence-electron chi connectivity index (χ4n) is 1.84. The van der Waals surface area contributed by atoms with E-state index in [4.69, 9.17) is 0 Å². The van der Waals surface area contributed by atoms with Gasteiger partial charge in [-0.3, -0.25) is 9.59 Å². The molecule has 4 heteroatoms. The minimum atomic E-state index is -0.289. The van der Waals surface area contributed by atoms with Gasteiger partial charge in [-0.1, -0.05) is 26.8 Å². The van der Waals surface area contributed by atoms with Crippen LogP contribution in [0.4, 0.5) is 5.69 Å². The fraction of sp³-hybridized carbons (Fsp3) is 0.529. The quantitative estimate of drug-likeness (QED) is 0.893. The molecule has 2 N–H and O–H groups in total. The van der Waals surface area contributed by atoms with Gasteiger partial charge in [-0.15, -0.1) is 0 Å². The van der Waals surface area contributed by atoms with Crippen molar-refractivity contribution in [1.29, 1.82) is 0 Å². The van der Waals surface area contributed by atoms with E-state index < -0.39 is 0 Å². The normalized spacial score (nSPS) is 11.9. The van der Waals surface area contributed by atoms with Crippen molar-refractivity contribution in [3.63, 3.8) is 0 Å². The summed E-state index contributed by atoms with van der Waals surface area (Å²) in [4.78, 5) is 24.0. The second-order valence-electron chi connectivity index (χ2n) is 7.57. The third-order valence-corrected chi connectivity index (χ3v) is 2.59. The smallest absolute Gasteiger partial charge is 0.251 e. The van der Waals surface area contributed by atoms with Crippen LogP contribution in [0.15, 0.2) is 24.3 Å². The Bertz CT molecular complexity index is 522. The van der Waals surface area contributed by atoms with E-state index in [1.807, 2.05) is 41.5 Å². The molecule has 0 spiro atoms. The molecule has 2 amide bonds. The summed E-state index contributed by atoms with van der Waals surface area (Å²) >= 11 is 0. The van der Waals surface area contributed by atoms with Crippen LogP contribution in [0.3, 0.4) is 0 Å². The molecule has 0 atom stereocenters. The zero-order valence-electron chi connectivity index (χ0n) is 13.8. The predicted molar refractivity (Wildman–Crippen MR) is 86.4 cm³/mol. The van der Waals surface area contributed by atoms with Crippen molar-refractivity contribution >= 4 is 17.5 Å². The van der Waals surface area contributed by atoms with Gasteiger partial charge in [0.05, 0.1) is 0 Å². The molecule has 0 aliphatic heterocycles. The van der Waals surface area contributed by atoms with E-state index in [9.17, 15) is 9.59 Å². The lowest BCUT2D eigenvalue weighted by molar-refractivity contribution is -0.117. The molecule has 0 fully saturated rings. The molecule has 0 unspecified atom stereocenters. The van der Waals surface area contributed by atoms with Crippen LogP contribution in [0.5, 0.6) is 0 Å². The number of anilines is 1. The average Bonchev–Trinajstić information content (AvgIpc) is 2.24. The van der Waals surface area contributed by atoms with Crippen LogP contribution < -0.4 is 10.6 Å². The van der Waals surface area contributed by atoms with Gasteiger partial charge in [-0.25, -0.2) is 0 Å². The van der Waals surface area contributed by atoms with Crippen molar-refractivity contribution in [3.05, 3.63) is 29.8 Å². The number of hydrogen-bond acceptors (Lipinski definition) is 2. The van der Waals surface area contributed by atoms with Crippen LogP contribution in [-0.4, -0.2) is 17.4 Å². The second kappa shape index (κ2) is 6.29. The Morgan fingerprint density at radius 1 is 1.05 bits per heavy atom. The summed E-state index contributed by atoms with van der Waals surface area (Å²) in [6.45, 7) is 11.8. The summed E-state index contributed by atoms with van der Waals surface area (Å²) in [5.74, 6) is -0.190. The van der Waals surface area contributed by atoms with E-state index in [2.05, 4.69) is 10.6 Å². The first-order valence-corrected chi connectivity index (χ1v) is 7.19. The summed E-state index contributed by atoms with van der Waals surface area (Å²) in [6, 6.07) is 6.99. The van der Waals surface area contributed by atoms with Crippen molar-refractivity contribution in [3.8, 4) is 0 Å². The molecule has 21 heavy (non-hydrogen) atoms. The molecule has 4 nitrogen and oxygen atoms in total. The highest BCUT2D eigenvalue weighted by atomic mass is 16.2. The lowest BCUT2D eigenvalue weighted by Gasteiger charge is -2.21. The van der Waals surface area contributed by atoms with Gasteiger partial charge in [0.25, 0.3) is 5.91 Å². The lowest BCUT2D eigenvalue weighted by Crippen LogP contribution is -2.40. The Balaban J connectivity index is 2.77. The number of nitrogens with one attached hydrogen (secondary N) is 2. The molecule has 1 aromatic carbocycles. The van der Waals surface area contributed by atoms with Crippen LogP contribution in [0.25, 0.3) is 0 Å². The first kappa shape index (κ1) is 17.2. The second-order valence-corrected chi connectivity index (χ2v) is 7.57. The Morgan fingerprint density at radius 3 is 2.19 bits per heavy atom. The third-order valence-electron chi connectivity index (χ3n) is 2.59. The standard InChI is InChI=1S/C17H26N2O2/c1-16(2,3)11-14(20)18-13-9-7-8-12(10-13)15(21)19-17(4,5)6/h7-10H,11H2,1-6H3,(H,18,20)(H,19,21). The van der Waals surface area contributed by atoms with E-state index >= 15 is 0 Å². The minimum absolute atomic E-state index is 0.0455. The number of carbonyl (C=O) groups is 2. The van der Waals surface area contributed by atoms with Crippen LogP contribution in [0.1, 0.15) is 58.3 Å². The zero-order valence-corrected chi connectivity index (χ0v) is 13.8. The monoisotopic (exact) mass is 290 g/mol. The van der Waals surface area contributed by atoms with Gasteiger partial charge >= 0.3 is 0 Å². The van der Waals surface area contributed by atoms with Gasteiger partial charge in [-0.2, -0.15) is 0 Å². The number of hydrogen-bond donors (Lipinski definition) is 2. The highest BCUT2D eigenvalue weighted by Crippen LogP contribution is 2.20. The van der Waals surface area contributed by atoms with Gasteiger partial charge in [-0.05, 0) is 44.4 Å². The molecule has 0 heterocycles. The summed E-state index contributed by atoms with van der Waals surface area (Å²) in [6.07, 6.45) is 0.436. The SMILES string of the molecule is CC(C)(C)CC(=O)Nc1cccc(C(=O)NC(C)(C)C)c1. The summed E-state index contributed by atoms with van der Waals surface area (Å²) in [7, 11) is 0. The molecule has 116 valence electrons. The van der Waals surface area contributed by atoms with Crippen LogP contribution in [-0.2, 0) is 4.79 Å². The van der Waals surface area contributed by atoms with Crippen LogP contribution >= 0.6 is 0 Å². The van der Waals surface area contributed by atoms with E-state index in [0.29, 0.717) is 17.7 Å². The molecule has 0 radical (unpaired) electrons. The summed E-state index contributed by atoms with van der Waals surface area (Å²) < 4.78 is 0. The van der Waals surface area contributed by atoms with Crippen molar-refractivity contribution < 1.29 is 9.59 Å². The third kappa shape index (κ3) is 6.93. The molecule has 0 saturated carbocycles. The maximum atomic E-state index is 12.1. The topological polar surface area (TPSA) is 58.2 Å². The van der Waals surface area contributed by atoms with Crippen molar-refractivity contribution in [2.45, 2.75) is 53.5 Å². The molecule has 0 aliphatic rings. The molecule has 0 bridgehead atoms. The zero-order chi connectivity index (χ0) is 16.3. The highest BCUT2D eigenvalue weighted by molar-refractivity contribution is 5.97. The predicted octanol–water partition coefficient (Wildman–Crippen LogP) is 3.59. The van der Waals surface area contributed by atoms with E-state index in [-0.39, 0.29) is 22.8 Å². The number of amides is 2. The number of benzene rings is 1. The summed E-state index contributed by atoms with van der Waals surface area (Å²) in [5, 5.41) is 5.74. The average molecular weight is 290 g/mol. The summed E-state index contributed by atoms with van der Waals surface area (Å²) in [5.41, 5.74) is 0.831. The van der Waals surface area contributed by atoms with Gasteiger partial charge in [0, 0.05) is 23.2 Å². The molecule has 0 aromatic heterocycles. The van der Waals surface area contributed by atoms with E-state index in [1.165, 1.54) is 0 Å². The van der Waals surface area contributed by atoms with Gasteiger partial charge in [0.1, 0.15) is 0 Å². The Kier molecular flexibility index (Phi) is 5.15. The molecule has 0 aliphatic carbocycles. The van der Waals surface area contributed by atoms with Crippen LogP contribution in [0.2, 0.25) is 0 Å². The van der Waals surface area contributed by atoms with E-state index in [0.717, 1.165) is 0 Å². The number of carbonyl (C=O) groups excluding carboxylic acids is 2. The van der Waals surface area contributed by atoms with Crippen molar-refractivity contribution in [2.24, 2.45) is 5.41 Å². The van der Waals surface area contributed by atoms with Crippen molar-refractivity contribution in [1.82, 2.24) is 5.32 Å². The molecule has 1 rings (SSSR count). The minimum Gasteiger partial charge on any atom is -0.347 e.